The normalized spacial score (nSPS) is 20.0. The SMILES string of the molecule is Cl.NCC1(CC(=O)NCCCNC(=O)C2CCC2)CCCCC1. The van der Waals surface area contributed by atoms with Crippen LogP contribution in [0.15, 0.2) is 0 Å². The number of nitrogens with two attached hydrogens (primary N) is 1. The summed E-state index contributed by atoms with van der Waals surface area (Å²) in [6.07, 6.45) is 10.4. The summed E-state index contributed by atoms with van der Waals surface area (Å²) in [7, 11) is 0. The topological polar surface area (TPSA) is 84.2 Å². The van der Waals surface area contributed by atoms with E-state index in [1.807, 2.05) is 0 Å². The minimum Gasteiger partial charge on any atom is -0.356 e. The number of nitrogens with one attached hydrogen (secondary N) is 2. The molecule has 0 unspecified atom stereocenters. The van der Waals surface area contributed by atoms with Crippen LogP contribution in [0.3, 0.4) is 0 Å². The summed E-state index contributed by atoms with van der Waals surface area (Å²) in [5.74, 6) is 0.532. The second-order valence-electron chi connectivity index (χ2n) is 7.06. The first kappa shape index (κ1) is 20.2. The van der Waals surface area contributed by atoms with E-state index in [0.29, 0.717) is 26.1 Å². The zero-order valence-corrected chi connectivity index (χ0v) is 14.9. The average molecular weight is 346 g/mol. The molecule has 0 spiro atoms. The molecule has 6 heteroatoms. The Balaban J connectivity index is 0.00000264. The Hall–Kier alpha value is -0.810. The van der Waals surface area contributed by atoms with Gasteiger partial charge < -0.3 is 16.4 Å². The molecular weight excluding hydrogens is 314 g/mol. The van der Waals surface area contributed by atoms with E-state index in [2.05, 4.69) is 10.6 Å². The fourth-order valence-electron chi connectivity index (χ4n) is 3.50. The molecule has 0 aromatic carbocycles. The lowest BCUT2D eigenvalue weighted by atomic mass is 9.71. The van der Waals surface area contributed by atoms with Crippen molar-refractivity contribution in [1.82, 2.24) is 10.6 Å². The minimum absolute atomic E-state index is 0. The van der Waals surface area contributed by atoms with Gasteiger partial charge in [0.05, 0.1) is 0 Å². The predicted molar refractivity (Wildman–Crippen MR) is 94.4 cm³/mol. The number of hydrogen-bond acceptors (Lipinski definition) is 3. The van der Waals surface area contributed by atoms with Gasteiger partial charge in [-0.2, -0.15) is 0 Å². The van der Waals surface area contributed by atoms with Gasteiger partial charge in [0.25, 0.3) is 0 Å². The van der Waals surface area contributed by atoms with Crippen LogP contribution in [0.2, 0.25) is 0 Å². The number of halogens is 1. The van der Waals surface area contributed by atoms with Gasteiger partial charge in [0.1, 0.15) is 0 Å². The molecule has 134 valence electrons. The van der Waals surface area contributed by atoms with Gasteiger partial charge in [0.15, 0.2) is 0 Å². The van der Waals surface area contributed by atoms with Crippen LogP contribution in [0.1, 0.15) is 64.2 Å². The summed E-state index contributed by atoms with van der Waals surface area (Å²) in [5, 5.41) is 5.92. The maximum absolute atomic E-state index is 12.1. The third kappa shape index (κ3) is 6.30. The molecule has 0 aromatic heterocycles. The van der Waals surface area contributed by atoms with Gasteiger partial charge in [-0.05, 0) is 44.1 Å². The molecule has 0 radical (unpaired) electrons. The van der Waals surface area contributed by atoms with Crippen LogP contribution < -0.4 is 16.4 Å². The van der Waals surface area contributed by atoms with Crippen molar-refractivity contribution in [2.45, 2.75) is 64.2 Å². The molecule has 0 saturated heterocycles. The highest BCUT2D eigenvalue weighted by Gasteiger charge is 2.32. The van der Waals surface area contributed by atoms with E-state index in [1.165, 1.54) is 25.7 Å². The van der Waals surface area contributed by atoms with Crippen LogP contribution in [-0.2, 0) is 9.59 Å². The molecule has 2 aliphatic rings. The van der Waals surface area contributed by atoms with Crippen molar-refractivity contribution in [1.29, 1.82) is 0 Å². The molecule has 0 bridgehead atoms. The smallest absolute Gasteiger partial charge is 0.223 e. The van der Waals surface area contributed by atoms with Crippen molar-refractivity contribution in [2.75, 3.05) is 19.6 Å². The van der Waals surface area contributed by atoms with Crippen LogP contribution in [0.4, 0.5) is 0 Å². The fourth-order valence-corrected chi connectivity index (χ4v) is 3.50. The Bertz CT molecular complexity index is 380. The lowest BCUT2D eigenvalue weighted by Crippen LogP contribution is -2.39. The summed E-state index contributed by atoms with van der Waals surface area (Å²) in [6, 6.07) is 0. The molecular formula is C17H32ClN3O2. The van der Waals surface area contributed by atoms with Crippen LogP contribution in [-0.4, -0.2) is 31.4 Å². The lowest BCUT2D eigenvalue weighted by molar-refractivity contribution is -0.127. The number of hydrogen-bond donors (Lipinski definition) is 3. The summed E-state index contributed by atoms with van der Waals surface area (Å²) in [6.45, 7) is 1.89. The number of carbonyl (C=O) groups is 2. The first-order valence-electron chi connectivity index (χ1n) is 8.90. The largest absolute Gasteiger partial charge is 0.356 e. The molecule has 0 heterocycles. The standard InChI is InChI=1S/C17H31N3O2.ClH/c18-13-17(8-2-1-3-9-17)12-15(21)19-10-5-11-20-16(22)14-6-4-7-14;/h14H,1-13,18H2,(H,19,21)(H,20,22);1H. The molecule has 0 aliphatic heterocycles. The van der Waals surface area contributed by atoms with Crippen LogP contribution in [0.25, 0.3) is 0 Å². The van der Waals surface area contributed by atoms with Gasteiger partial charge in [-0.1, -0.05) is 25.7 Å². The third-order valence-electron chi connectivity index (χ3n) is 5.33. The quantitative estimate of drug-likeness (QED) is 0.589. The van der Waals surface area contributed by atoms with Crippen LogP contribution in [0, 0.1) is 11.3 Å². The van der Waals surface area contributed by atoms with Gasteiger partial charge >= 0.3 is 0 Å². The summed E-state index contributed by atoms with van der Waals surface area (Å²) >= 11 is 0. The van der Waals surface area contributed by atoms with Gasteiger partial charge in [-0.25, -0.2) is 0 Å². The molecule has 2 aliphatic carbocycles. The zero-order valence-electron chi connectivity index (χ0n) is 14.1. The van der Waals surface area contributed by atoms with Crippen molar-refractivity contribution >= 4 is 24.2 Å². The van der Waals surface area contributed by atoms with Crippen LogP contribution >= 0.6 is 12.4 Å². The van der Waals surface area contributed by atoms with Gasteiger partial charge in [0.2, 0.25) is 11.8 Å². The third-order valence-corrected chi connectivity index (χ3v) is 5.33. The van der Waals surface area contributed by atoms with Crippen molar-refractivity contribution in [3.05, 3.63) is 0 Å². The average Bonchev–Trinajstić information content (AvgIpc) is 2.46. The Kier molecular flexibility index (Phi) is 8.92. The molecule has 2 fully saturated rings. The molecule has 5 nitrogen and oxygen atoms in total. The van der Waals surface area contributed by atoms with E-state index in [1.54, 1.807) is 0 Å². The zero-order chi connectivity index (χ0) is 15.8. The molecule has 0 atom stereocenters. The second-order valence-corrected chi connectivity index (χ2v) is 7.06. The van der Waals surface area contributed by atoms with Crippen LogP contribution in [0.5, 0.6) is 0 Å². The number of carbonyl (C=O) groups excluding carboxylic acids is 2. The van der Waals surface area contributed by atoms with Crippen molar-refractivity contribution in [3.63, 3.8) is 0 Å². The number of rotatable bonds is 8. The fraction of sp³-hybridized carbons (Fsp3) is 0.882. The van der Waals surface area contributed by atoms with Gasteiger partial charge in [-0.3, -0.25) is 9.59 Å². The highest BCUT2D eigenvalue weighted by molar-refractivity contribution is 5.85. The lowest BCUT2D eigenvalue weighted by Gasteiger charge is -2.35. The first-order valence-corrected chi connectivity index (χ1v) is 8.90. The molecule has 2 rings (SSSR count). The molecule has 23 heavy (non-hydrogen) atoms. The van der Waals surface area contributed by atoms with E-state index in [4.69, 9.17) is 5.73 Å². The summed E-state index contributed by atoms with van der Waals surface area (Å²) in [5.41, 5.74) is 5.94. The molecule has 2 amide bonds. The summed E-state index contributed by atoms with van der Waals surface area (Å²) in [4.78, 5) is 23.7. The maximum atomic E-state index is 12.1. The Morgan fingerprint density at radius 1 is 1.00 bits per heavy atom. The van der Waals surface area contributed by atoms with Crippen molar-refractivity contribution in [2.24, 2.45) is 17.1 Å². The van der Waals surface area contributed by atoms with Crippen molar-refractivity contribution in [3.8, 4) is 0 Å². The summed E-state index contributed by atoms with van der Waals surface area (Å²) < 4.78 is 0. The Morgan fingerprint density at radius 3 is 2.22 bits per heavy atom. The van der Waals surface area contributed by atoms with Crippen molar-refractivity contribution < 1.29 is 9.59 Å². The van der Waals surface area contributed by atoms with E-state index in [0.717, 1.165) is 32.1 Å². The van der Waals surface area contributed by atoms with Gasteiger partial charge in [0, 0.05) is 25.4 Å². The van der Waals surface area contributed by atoms with E-state index >= 15 is 0 Å². The monoisotopic (exact) mass is 345 g/mol. The maximum Gasteiger partial charge on any atom is 0.223 e. The Labute approximate surface area is 145 Å². The molecule has 4 N–H and O–H groups in total. The molecule has 2 saturated carbocycles. The van der Waals surface area contributed by atoms with E-state index < -0.39 is 0 Å². The second kappa shape index (κ2) is 10.1. The Morgan fingerprint density at radius 2 is 1.65 bits per heavy atom. The van der Waals surface area contributed by atoms with E-state index in [9.17, 15) is 9.59 Å². The van der Waals surface area contributed by atoms with E-state index in [-0.39, 0.29) is 35.6 Å². The first-order chi connectivity index (χ1) is 10.7. The molecule has 0 aromatic rings. The number of amides is 2. The highest BCUT2D eigenvalue weighted by atomic mass is 35.5. The van der Waals surface area contributed by atoms with Gasteiger partial charge in [-0.15, -0.1) is 12.4 Å². The minimum atomic E-state index is 0. The highest BCUT2D eigenvalue weighted by Crippen LogP contribution is 2.38. The predicted octanol–water partition coefficient (Wildman–Crippen LogP) is 2.13.